The average molecular weight is 302 g/mol. The molecular weight excluding hydrogens is 290 g/mol. The second kappa shape index (κ2) is 5.31. The van der Waals surface area contributed by atoms with Crippen LogP contribution in [-0.4, -0.2) is 16.8 Å². The Bertz CT molecular complexity index is 725. The smallest absolute Gasteiger partial charge is 0.299 e. The van der Waals surface area contributed by atoms with Gasteiger partial charge in [0.25, 0.3) is 11.7 Å². The molecule has 5 heteroatoms. The molecule has 1 heterocycles. The van der Waals surface area contributed by atoms with Gasteiger partial charge in [-0.1, -0.05) is 35.9 Å². The predicted octanol–water partition coefficient (Wildman–Crippen LogP) is 2.56. The highest BCUT2D eigenvalue weighted by Gasteiger charge is 2.35. The Labute approximate surface area is 126 Å². The van der Waals surface area contributed by atoms with Crippen LogP contribution in [0.25, 0.3) is 0 Å². The number of hydrogen-bond acceptors (Lipinski definition) is 3. The van der Waals surface area contributed by atoms with Gasteiger partial charge in [-0.25, -0.2) is 0 Å². The summed E-state index contributed by atoms with van der Waals surface area (Å²) in [6.45, 7) is 0.267. The number of nitrogens with zero attached hydrogens (tertiary/aromatic N) is 1. The monoisotopic (exact) mass is 301 g/mol. The van der Waals surface area contributed by atoms with Gasteiger partial charge in [0, 0.05) is 5.02 Å². The molecule has 0 fully saturated rings. The first-order chi connectivity index (χ1) is 10.1. The number of halogens is 1. The Morgan fingerprint density at radius 3 is 2.33 bits per heavy atom. The number of amides is 1. The summed E-state index contributed by atoms with van der Waals surface area (Å²) < 4.78 is 0. The molecule has 0 unspecified atom stereocenters. The average Bonchev–Trinajstić information content (AvgIpc) is 2.73. The van der Waals surface area contributed by atoms with Gasteiger partial charge in [-0.05, 0) is 29.3 Å². The highest BCUT2D eigenvalue weighted by molar-refractivity contribution is 6.52. The summed E-state index contributed by atoms with van der Waals surface area (Å²) in [5.74, 6) is -1.05. The van der Waals surface area contributed by atoms with Crippen molar-refractivity contribution in [3.8, 4) is 0 Å². The number of anilines is 1. The Kier molecular flexibility index (Phi) is 3.49. The van der Waals surface area contributed by atoms with E-state index in [1.165, 1.54) is 4.90 Å². The van der Waals surface area contributed by atoms with Gasteiger partial charge in [0.2, 0.25) is 0 Å². The SMILES string of the molecule is O=C1C(=O)N(Cc2ccc(CO)cc2)c2cc(Cl)ccc21. The van der Waals surface area contributed by atoms with Crippen LogP contribution in [0.3, 0.4) is 0 Å². The third-order valence-electron chi connectivity index (χ3n) is 3.48. The molecule has 0 aromatic heterocycles. The summed E-state index contributed by atoms with van der Waals surface area (Å²) >= 11 is 5.95. The van der Waals surface area contributed by atoms with E-state index in [1.807, 2.05) is 12.1 Å². The lowest BCUT2D eigenvalue weighted by Gasteiger charge is -2.17. The van der Waals surface area contributed by atoms with Crippen LogP contribution in [0.15, 0.2) is 42.5 Å². The predicted molar refractivity (Wildman–Crippen MR) is 79.3 cm³/mol. The third-order valence-corrected chi connectivity index (χ3v) is 3.72. The molecule has 1 aliphatic heterocycles. The Morgan fingerprint density at radius 1 is 1.00 bits per heavy atom. The largest absolute Gasteiger partial charge is 0.392 e. The van der Waals surface area contributed by atoms with E-state index in [4.69, 9.17) is 16.7 Å². The van der Waals surface area contributed by atoms with Crippen LogP contribution in [0.1, 0.15) is 21.5 Å². The number of carbonyl (C=O) groups is 2. The number of ketones is 1. The van der Waals surface area contributed by atoms with Gasteiger partial charge in [-0.2, -0.15) is 0 Å². The van der Waals surface area contributed by atoms with E-state index in [0.29, 0.717) is 22.8 Å². The fourth-order valence-corrected chi connectivity index (χ4v) is 2.52. The van der Waals surface area contributed by atoms with Crippen LogP contribution in [0.4, 0.5) is 5.69 Å². The van der Waals surface area contributed by atoms with E-state index in [0.717, 1.165) is 11.1 Å². The molecule has 2 aromatic rings. The van der Waals surface area contributed by atoms with Crippen molar-refractivity contribution < 1.29 is 14.7 Å². The van der Waals surface area contributed by atoms with E-state index in [-0.39, 0.29) is 6.61 Å². The van der Waals surface area contributed by atoms with E-state index in [1.54, 1.807) is 30.3 Å². The lowest BCUT2D eigenvalue weighted by Crippen LogP contribution is -2.29. The first-order valence-electron chi connectivity index (χ1n) is 6.44. The van der Waals surface area contributed by atoms with E-state index < -0.39 is 11.7 Å². The number of Topliss-reactive ketones (excluding diaryl/α,β-unsaturated/α-hetero) is 1. The Morgan fingerprint density at radius 2 is 1.67 bits per heavy atom. The minimum atomic E-state index is -0.543. The molecule has 3 rings (SSSR count). The Hall–Kier alpha value is -2.17. The van der Waals surface area contributed by atoms with E-state index in [2.05, 4.69) is 0 Å². The van der Waals surface area contributed by atoms with Gasteiger partial charge in [0.05, 0.1) is 24.4 Å². The standard InChI is InChI=1S/C16H12ClNO3/c17-12-5-6-13-14(7-12)18(16(21)15(13)20)8-10-1-3-11(9-19)4-2-10/h1-7,19H,8-9H2. The lowest BCUT2D eigenvalue weighted by molar-refractivity contribution is -0.114. The van der Waals surface area contributed by atoms with Crippen molar-refractivity contribution in [1.82, 2.24) is 0 Å². The first-order valence-corrected chi connectivity index (χ1v) is 6.82. The number of benzene rings is 2. The maximum atomic E-state index is 12.1. The summed E-state index contributed by atoms with van der Waals surface area (Å²) in [5.41, 5.74) is 2.60. The Balaban J connectivity index is 1.93. The van der Waals surface area contributed by atoms with Gasteiger partial charge in [-0.3, -0.25) is 9.59 Å². The van der Waals surface area contributed by atoms with Gasteiger partial charge in [-0.15, -0.1) is 0 Å². The number of rotatable bonds is 3. The van der Waals surface area contributed by atoms with Crippen molar-refractivity contribution >= 4 is 29.0 Å². The van der Waals surface area contributed by atoms with Crippen LogP contribution in [0.2, 0.25) is 5.02 Å². The number of aliphatic hydroxyl groups is 1. The van der Waals surface area contributed by atoms with Crippen molar-refractivity contribution in [2.75, 3.05) is 4.90 Å². The fourth-order valence-electron chi connectivity index (χ4n) is 2.36. The molecule has 0 saturated carbocycles. The molecule has 0 atom stereocenters. The summed E-state index contributed by atoms with van der Waals surface area (Å²) in [6.07, 6.45) is 0. The maximum absolute atomic E-state index is 12.1. The van der Waals surface area contributed by atoms with E-state index in [9.17, 15) is 9.59 Å². The van der Waals surface area contributed by atoms with Gasteiger partial charge in [0.1, 0.15) is 0 Å². The van der Waals surface area contributed by atoms with Crippen molar-refractivity contribution in [1.29, 1.82) is 0 Å². The zero-order valence-electron chi connectivity index (χ0n) is 11.0. The molecule has 0 radical (unpaired) electrons. The number of carbonyl (C=O) groups excluding carboxylic acids is 2. The molecule has 0 spiro atoms. The topological polar surface area (TPSA) is 57.6 Å². The maximum Gasteiger partial charge on any atom is 0.299 e. The van der Waals surface area contributed by atoms with Crippen LogP contribution in [-0.2, 0) is 17.9 Å². The van der Waals surface area contributed by atoms with Gasteiger partial charge < -0.3 is 10.0 Å². The number of aliphatic hydroxyl groups excluding tert-OH is 1. The van der Waals surface area contributed by atoms with Gasteiger partial charge in [0.15, 0.2) is 0 Å². The number of fused-ring (bicyclic) bond motifs is 1. The molecule has 0 bridgehead atoms. The molecule has 106 valence electrons. The molecule has 0 aliphatic carbocycles. The zero-order valence-corrected chi connectivity index (χ0v) is 11.8. The summed E-state index contributed by atoms with van der Waals surface area (Å²) in [6, 6.07) is 12.0. The fraction of sp³-hybridized carbons (Fsp3) is 0.125. The van der Waals surface area contributed by atoms with Crippen molar-refractivity contribution in [3.05, 3.63) is 64.2 Å². The number of hydrogen-bond donors (Lipinski definition) is 1. The molecule has 2 aromatic carbocycles. The molecular formula is C16H12ClNO3. The minimum absolute atomic E-state index is 0.0279. The van der Waals surface area contributed by atoms with Crippen LogP contribution < -0.4 is 4.90 Å². The second-order valence-corrected chi connectivity index (χ2v) is 5.29. The van der Waals surface area contributed by atoms with E-state index >= 15 is 0 Å². The van der Waals surface area contributed by atoms with Crippen molar-refractivity contribution in [2.24, 2.45) is 0 Å². The van der Waals surface area contributed by atoms with Gasteiger partial charge >= 0.3 is 0 Å². The normalized spacial score (nSPS) is 13.7. The van der Waals surface area contributed by atoms with Crippen LogP contribution in [0.5, 0.6) is 0 Å². The third kappa shape index (κ3) is 2.44. The lowest BCUT2D eigenvalue weighted by atomic mass is 10.1. The first kappa shape index (κ1) is 13.8. The molecule has 1 amide bonds. The molecule has 0 saturated heterocycles. The summed E-state index contributed by atoms with van der Waals surface area (Å²) in [7, 11) is 0. The molecule has 1 aliphatic rings. The highest BCUT2D eigenvalue weighted by atomic mass is 35.5. The molecule has 4 nitrogen and oxygen atoms in total. The van der Waals surface area contributed by atoms with Crippen molar-refractivity contribution in [2.45, 2.75) is 13.2 Å². The van der Waals surface area contributed by atoms with Crippen LogP contribution >= 0.6 is 11.6 Å². The molecule has 21 heavy (non-hydrogen) atoms. The summed E-state index contributed by atoms with van der Waals surface area (Å²) in [4.78, 5) is 25.5. The zero-order chi connectivity index (χ0) is 15.0. The molecule has 1 N–H and O–H groups in total. The quantitative estimate of drug-likeness (QED) is 0.887. The minimum Gasteiger partial charge on any atom is -0.392 e. The van der Waals surface area contributed by atoms with Crippen LogP contribution in [0, 0.1) is 0 Å². The second-order valence-electron chi connectivity index (χ2n) is 4.86. The van der Waals surface area contributed by atoms with Crippen molar-refractivity contribution in [3.63, 3.8) is 0 Å². The highest BCUT2D eigenvalue weighted by Crippen LogP contribution is 2.32. The summed E-state index contributed by atoms with van der Waals surface area (Å²) in [5, 5.41) is 9.51.